The first-order valence-corrected chi connectivity index (χ1v) is 5.72. The molecule has 2 nitrogen and oxygen atoms in total. The summed E-state index contributed by atoms with van der Waals surface area (Å²) in [5, 5.41) is 0.168. The average molecular weight is 272 g/mol. The molecule has 0 N–H and O–H groups in total. The van der Waals surface area contributed by atoms with E-state index in [1.54, 1.807) is 4.90 Å². The molecule has 0 aromatic heterocycles. The third-order valence-corrected chi connectivity index (χ3v) is 3.06. The van der Waals surface area contributed by atoms with E-state index >= 15 is 0 Å². The Hall–Kier alpha value is -0.480. The number of nitrogens with zero attached hydrogens (tertiary/aromatic N) is 1. The summed E-state index contributed by atoms with van der Waals surface area (Å²) in [4.78, 5) is 13.3. The third-order valence-electron chi connectivity index (χ3n) is 2.22. The van der Waals surface area contributed by atoms with Crippen molar-refractivity contribution in [2.24, 2.45) is 0 Å². The minimum Gasteiger partial charge on any atom is -0.311 e. The van der Waals surface area contributed by atoms with Crippen LogP contribution in [0, 0.1) is 0 Å². The fourth-order valence-corrected chi connectivity index (χ4v) is 2.29. The molecule has 1 fully saturated rings. The number of hydrogen-bond acceptors (Lipinski definition) is 2. The topological polar surface area (TPSA) is 20.3 Å². The fourth-order valence-electron chi connectivity index (χ4n) is 1.58. The Labute approximate surface area is 96.8 Å². The number of benzene rings is 1. The van der Waals surface area contributed by atoms with Crippen molar-refractivity contribution < 1.29 is 4.79 Å². The molecular formula is C10H10BrNOS. The second-order valence-corrected chi connectivity index (χ2v) is 4.99. The van der Waals surface area contributed by atoms with Gasteiger partial charge in [-0.15, -0.1) is 0 Å². The molecule has 1 amide bonds. The van der Waals surface area contributed by atoms with Crippen LogP contribution in [-0.2, 0) is 4.79 Å². The number of halogens is 1. The molecule has 14 heavy (non-hydrogen) atoms. The summed E-state index contributed by atoms with van der Waals surface area (Å²) in [5.74, 6) is 0.156. The molecule has 1 atom stereocenters. The van der Waals surface area contributed by atoms with E-state index in [9.17, 15) is 4.79 Å². The number of thiol groups is 1. The zero-order chi connectivity index (χ0) is 10.1. The predicted octanol–water partition coefficient (Wildman–Crippen LogP) is 2.48. The lowest BCUT2D eigenvalue weighted by molar-refractivity contribution is -0.117. The van der Waals surface area contributed by atoms with Crippen molar-refractivity contribution in [3.8, 4) is 0 Å². The Morgan fingerprint density at radius 1 is 1.50 bits per heavy atom. The van der Waals surface area contributed by atoms with Crippen LogP contribution in [0.5, 0.6) is 0 Å². The van der Waals surface area contributed by atoms with Gasteiger partial charge in [-0.2, -0.15) is 12.6 Å². The molecule has 1 aromatic rings. The number of amides is 1. The SMILES string of the molecule is O=C1CC(S)CN1c1cccc(Br)c1. The number of rotatable bonds is 1. The molecule has 1 saturated heterocycles. The van der Waals surface area contributed by atoms with Gasteiger partial charge in [0.05, 0.1) is 0 Å². The van der Waals surface area contributed by atoms with E-state index in [1.165, 1.54) is 0 Å². The van der Waals surface area contributed by atoms with Crippen molar-refractivity contribution in [3.63, 3.8) is 0 Å². The van der Waals surface area contributed by atoms with Gasteiger partial charge in [-0.25, -0.2) is 0 Å². The van der Waals surface area contributed by atoms with Crippen molar-refractivity contribution in [1.82, 2.24) is 0 Å². The maximum absolute atomic E-state index is 11.6. The summed E-state index contributed by atoms with van der Waals surface area (Å²) in [5.41, 5.74) is 0.945. The molecule has 2 rings (SSSR count). The smallest absolute Gasteiger partial charge is 0.228 e. The lowest BCUT2D eigenvalue weighted by Crippen LogP contribution is -2.24. The fraction of sp³-hybridized carbons (Fsp3) is 0.300. The molecule has 0 aliphatic carbocycles. The number of carbonyl (C=O) groups is 1. The van der Waals surface area contributed by atoms with E-state index in [4.69, 9.17) is 0 Å². The van der Waals surface area contributed by atoms with Crippen LogP contribution in [0.1, 0.15) is 6.42 Å². The van der Waals surface area contributed by atoms with Gasteiger partial charge in [0.25, 0.3) is 0 Å². The van der Waals surface area contributed by atoms with E-state index in [0.29, 0.717) is 13.0 Å². The summed E-state index contributed by atoms with van der Waals surface area (Å²) in [6.07, 6.45) is 0.537. The molecule has 1 heterocycles. The van der Waals surface area contributed by atoms with Crippen LogP contribution in [0.3, 0.4) is 0 Å². The summed E-state index contributed by atoms with van der Waals surface area (Å²) >= 11 is 7.70. The van der Waals surface area contributed by atoms with Crippen molar-refractivity contribution in [3.05, 3.63) is 28.7 Å². The Balaban J connectivity index is 2.27. The van der Waals surface area contributed by atoms with E-state index in [-0.39, 0.29) is 11.2 Å². The van der Waals surface area contributed by atoms with Gasteiger partial charge in [0.1, 0.15) is 0 Å². The second-order valence-electron chi connectivity index (χ2n) is 3.34. The van der Waals surface area contributed by atoms with Crippen molar-refractivity contribution in [1.29, 1.82) is 0 Å². The molecule has 1 aliphatic rings. The highest BCUT2D eigenvalue weighted by Gasteiger charge is 2.28. The van der Waals surface area contributed by atoms with Crippen LogP contribution in [0.25, 0.3) is 0 Å². The van der Waals surface area contributed by atoms with E-state index in [0.717, 1.165) is 10.2 Å². The molecule has 0 saturated carbocycles. The van der Waals surface area contributed by atoms with Gasteiger partial charge in [0, 0.05) is 28.4 Å². The zero-order valence-corrected chi connectivity index (χ0v) is 9.96. The summed E-state index contributed by atoms with van der Waals surface area (Å²) in [7, 11) is 0. The van der Waals surface area contributed by atoms with Gasteiger partial charge < -0.3 is 4.90 Å². The lowest BCUT2D eigenvalue weighted by Gasteiger charge is -2.15. The number of anilines is 1. The van der Waals surface area contributed by atoms with Crippen molar-refractivity contribution in [2.45, 2.75) is 11.7 Å². The maximum Gasteiger partial charge on any atom is 0.228 e. The molecule has 1 aliphatic heterocycles. The lowest BCUT2D eigenvalue weighted by atomic mass is 10.3. The minimum absolute atomic E-state index is 0.156. The van der Waals surface area contributed by atoms with Crippen LogP contribution < -0.4 is 4.90 Å². The highest BCUT2D eigenvalue weighted by molar-refractivity contribution is 9.10. The van der Waals surface area contributed by atoms with Gasteiger partial charge in [-0.3, -0.25) is 4.79 Å². The van der Waals surface area contributed by atoms with Gasteiger partial charge in [0.15, 0.2) is 0 Å². The van der Waals surface area contributed by atoms with Crippen molar-refractivity contribution in [2.75, 3.05) is 11.4 Å². The average Bonchev–Trinajstić information content (AvgIpc) is 2.45. The largest absolute Gasteiger partial charge is 0.311 e. The number of hydrogen-bond donors (Lipinski definition) is 1. The Kier molecular flexibility index (Phi) is 2.83. The summed E-state index contributed by atoms with van der Waals surface area (Å²) < 4.78 is 0.991. The monoisotopic (exact) mass is 271 g/mol. The third kappa shape index (κ3) is 1.96. The van der Waals surface area contributed by atoms with Crippen LogP contribution in [0.2, 0.25) is 0 Å². The highest BCUT2D eigenvalue weighted by atomic mass is 79.9. The maximum atomic E-state index is 11.6. The van der Waals surface area contributed by atoms with Crippen molar-refractivity contribution >= 4 is 40.2 Å². The van der Waals surface area contributed by atoms with E-state index in [1.807, 2.05) is 24.3 Å². The molecule has 4 heteroatoms. The highest BCUT2D eigenvalue weighted by Crippen LogP contribution is 2.26. The predicted molar refractivity (Wildman–Crippen MR) is 63.9 cm³/mol. The van der Waals surface area contributed by atoms with Crippen LogP contribution in [0.15, 0.2) is 28.7 Å². The van der Waals surface area contributed by atoms with Crippen LogP contribution in [-0.4, -0.2) is 17.7 Å². The van der Waals surface area contributed by atoms with Crippen LogP contribution in [0.4, 0.5) is 5.69 Å². The Morgan fingerprint density at radius 3 is 2.86 bits per heavy atom. The van der Waals surface area contributed by atoms with Gasteiger partial charge >= 0.3 is 0 Å². The molecular weight excluding hydrogens is 262 g/mol. The Morgan fingerprint density at radius 2 is 2.29 bits per heavy atom. The standard InChI is InChI=1S/C10H10BrNOS/c11-7-2-1-3-8(4-7)12-6-9(14)5-10(12)13/h1-4,9,14H,5-6H2. The van der Waals surface area contributed by atoms with Gasteiger partial charge in [-0.1, -0.05) is 22.0 Å². The van der Waals surface area contributed by atoms with E-state index < -0.39 is 0 Å². The minimum atomic E-state index is 0.156. The second kappa shape index (κ2) is 3.95. The number of carbonyl (C=O) groups excluding carboxylic acids is 1. The van der Waals surface area contributed by atoms with Gasteiger partial charge in [0.2, 0.25) is 5.91 Å². The Bertz CT molecular complexity index is 369. The molecule has 1 aromatic carbocycles. The quantitative estimate of drug-likeness (QED) is 0.779. The first kappa shape index (κ1) is 10.1. The summed E-state index contributed by atoms with van der Waals surface area (Å²) in [6, 6.07) is 7.76. The first-order chi connectivity index (χ1) is 6.66. The molecule has 1 unspecified atom stereocenters. The van der Waals surface area contributed by atoms with E-state index in [2.05, 4.69) is 28.6 Å². The molecule has 0 radical (unpaired) electrons. The molecule has 74 valence electrons. The zero-order valence-electron chi connectivity index (χ0n) is 7.48. The first-order valence-electron chi connectivity index (χ1n) is 4.41. The van der Waals surface area contributed by atoms with Crippen LogP contribution >= 0.6 is 28.6 Å². The molecule has 0 bridgehead atoms. The van der Waals surface area contributed by atoms with Gasteiger partial charge in [-0.05, 0) is 18.2 Å². The molecule has 0 spiro atoms. The normalized spacial score (nSPS) is 21.7. The summed E-state index contributed by atoms with van der Waals surface area (Å²) in [6.45, 7) is 0.707.